The van der Waals surface area contributed by atoms with E-state index in [0.29, 0.717) is 31.7 Å². The summed E-state index contributed by atoms with van der Waals surface area (Å²) in [5.41, 5.74) is 5.55. The minimum atomic E-state index is -0.612. The molecule has 11 heteroatoms. The van der Waals surface area contributed by atoms with Gasteiger partial charge >= 0.3 is 6.09 Å². The van der Waals surface area contributed by atoms with Gasteiger partial charge in [-0.2, -0.15) is 5.01 Å². The van der Waals surface area contributed by atoms with E-state index in [0.717, 1.165) is 24.4 Å². The maximum atomic E-state index is 13.3. The summed E-state index contributed by atoms with van der Waals surface area (Å²) in [7, 11) is 7.74. The third-order valence-electron chi connectivity index (χ3n) is 6.00. The van der Waals surface area contributed by atoms with Crippen LogP contribution < -0.4 is 16.1 Å². The predicted molar refractivity (Wildman–Crippen MR) is 133 cm³/mol. The third-order valence-corrected chi connectivity index (χ3v) is 6.00. The molecule has 3 rings (SSSR count). The molecule has 0 aromatic heterocycles. The Labute approximate surface area is 207 Å². The van der Waals surface area contributed by atoms with Gasteiger partial charge in [-0.15, -0.1) is 5.12 Å². The number of hydrogen-bond acceptors (Lipinski definition) is 9. The smallest absolute Gasteiger partial charge is 0.430 e. The van der Waals surface area contributed by atoms with Gasteiger partial charge in [0.05, 0.1) is 25.1 Å². The summed E-state index contributed by atoms with van der Waals surface area (Å²) in [5.74, 6) is -0.230. The molecule has 11 nitrogen and oxygen atoms in total. The lowest BCUT2D eigenvalue weighted by Gasteiger charge is -2.36. The molecule has 0 saturated heterocycles. The molecule has 2 aliphatic rings. The van der Waals surface area contributed by atoms with Crippen LogP contribution >= 0.6 is 0 Å². The molecular formula is C24H39N7O4. The second-order valence-electron chi connectivity index (χ2n) is 8.79. The number of nitrogens with one attached hydrogen (secondary N) is 3. The van der Waals surface area contributed by atoms with Crippen molar-refractivity contribution in [1.82, 2.24) is 36.0 Å². The summed E-state index contributed by atoms with van der Waals surface area (Å²) in [5, 5.41) is 9.92. The fourth-order valence-electron chi connectivity index (χ4n) is 4.28. The van der Waals surface area contributed by atoms with Crippen molar-refractivity contribution in [2.45, 2.75) is 25.7 Å². The van der Waals surface area contributed by atoms with E-state index in [1.54, 1.807) is 31.3 Å². The number of hydrogen-bond donors (Lipinski definition) is 3. The number of carbonyl (C=O) groups is 2. The van der Waals surface area contributed by atoms with Gasteiger partial charge in [-0.05, 0) is 40.2 Å². The highest BCUT2D eigenvalue weighted by Gasteiger charge is 2.48. The predicted octanol–water partition coefficient (Wildman–Crippen LogP) is 0.650. The van der Waals surface area contributed by atoms with Crippen molar-refractivity contribution in [3.63, 3.8) is 0 Å². The largest absolute Gasteiger partial charge is 0.448 e. The minimum absolute atomic E-state index is 0.175. The Morgan fingerprint density at radius 1 is 1.17 bits per heavy atom. The van der Waals surface area contributed by atoms with E-state index < -0.39 is 12.3 Å². The first kappa shape index (κ1) is 27.1. The lowest BCUT2D eigenvalue weighted by atomic mass is 10.0. The maximum Gasteiger partial charge on any atom is 0.430 e. The van der Waals surface area contributed by atoms with Gasteiger partial charge in [0.1, 0.15) is 6.17 Å². The van der Waals surface area contributed by atoms with Crippen LogP contribution in [0.5, 0.6) is 0 Å². The van der Waals surface area contributed by atoms with Crippen LogP contribution in [0.15, 0.2) is 41.6 Å². The standard InChI is InChI=1S/C24H39N7O4/c1-6-35-24(33)30-19-12-13-25-21(29(4)16-15-28(2)3)20(19)22(31(30)26-14-17-34-5)27-23(32)18-10-8-7-9-11-18/h7-11,21-22,25-26H,6,12-17H2,1-5H3,(H,27,32). The van der Waals surface area contributed by atoms with Gasteiger partial charge in [0.2, 0.25) is 0 Å². The number of hydrazine groups is 2. The summed E-state index contributed by atoms with van der Waals surface area (Å²) in [6.45, 7) is 5.26. The molecule has 194 valence electrons. The van der Waals surface area contributed by atoms with E-state index in [4.69, 9.17) is 9.47 Å². The Hall–Kier alpha value is -2.54. The van der Waals surface area contributed by atoms with Crippen molar-refractivity contribution in [2.24, 2.45) is 0 Å². The van der Waals surface area contributed by atoms with E-state index >= 15 is 0 Å². The Balaban J connectivity index is 1.99. The van der Waals surface area contributed by atoms with Gasteiger partial charge < -0.3 is 19.7 Å². The molecule has 1 aromatic carbocycles. The topological polar surface area (TPSA) is 102 Å². The second kappa shape index (κ2) is 13.0. The molecule has 2 unspecified atom stereocenters. The number of ether oxygens (including phenoxy) is 2. The van der Waals surface area contributed by atoms with Crippen molar-refractivity contribution in [2.75, 3.05) is 67.6 Å². The molecule has 0 saturated carbocycles. The molecular weight excluding hydrogens is 450 g/mol. The van der Waals surface area contributed by atoms with Gasteiger partial charge in [-0.1, -0.05) is 18.2 Å². The van der Waals surface area contributed by atoms with Gasteiger partial charge in [0.25, 0.3) is 5.91 Å². The van der Waals surface area contributed by atoms with E-state index in [1.165, 1.54) is 5.01 Å². The second-order valence-corrected chi connectivity index (χ2v) is 8.79. The van der Waals surface area contributed by atoms with Crippen LogP contribution in [0.25, 0.3) is 0 Å². The zero-order valence-corrected chi connectivity index (χ0v) is 21.4. The summed E-state index contributed by atoms with van der Waals surface area (Å²) < 4.78 is 10.6. The molecule has 3 N–H and O–H groups in total. The molecule has 2 amide bonds. The Bertz CT molecular complexity index is 880. The van der Waals surface area contributed by atoms with Crippen molar-refractivity contribution < 1.29 is 19.1 Å². The number of amides is 2. The van der Waals surface area contributed by atoms with Crippen LogP contribution in [0.4, 0.5) is 4.79 Å². The van der Waals surface area contributed by atoms with E-state index in [2.05, 4.69) is 25.9 Å². The Morgan fingerprint density at radius 3 is 2.57 bits per heavy atom. The zero-order valence-electron chi connectivity index (χ0n) is 21.4. The molecule has 2 aliphatic heterocycles. The zero-order chi connectivity index (χ0) is 25.4. The third kappa shape index (κ3) is 6.57. The highest BCUT2D eigenvalue weighted by atomic mass is 16.6. The van der Waals surface area contributed by atoms with Crippen LogP contribution in [-0.2, 0) is 9.47 Å². The number of rotatable bonds is 11. The van der Waals surface area contributed by atoms with Gasteiger partial charge in [0.15, 0.2) is 0 Å². The summed E-state index contributed by atoms with van der Waals surface area (Å²) in [6, 6.07) is 9.06. The molecule has 0 fully saturated rings. The van der Waals surface area contributed by atoms with E-state index in [9.17, 15) is 9.59 Å². The Morgan fingerprint density at radius 2 is 1.91 bits per heavy atom. The molecule has 1 aromatic rings. The first-order chi connectivity index (χ1) is 16.9. The van der Waals surface area contributed by atoms with Crippen molar-refractivity contribution in [3.8, 4) is 0 Å². The van der Waals surface area contributed by atoms with Crippen molar-refractivity contribution >= 4 is 12.0 Å². The molecule has 35 heavy (non-hydrogen) atoms. The van der Waals surface area contributed by atoms with Gasteiger partial charge in [-0.25, -0.2) is 10.2 Å². The van der Waals surface area contributed by atoms with Gasteiger partial charge in [0, 0.05) is 50.8 Å². The average molecular weight is 490 g/mol. The first-order valence-corrected chi connectivity index (χ1v) is 12.0. The van der Waals surface area contributed by atoms with Gasteiger partial charge in [-0.3, -0.25) is 15.0 Å². The normalized spacial score (nSPS) is 20.5. The quantitative estimate of drug-likeness (QED) is 0.387. The fourth-order valence-corrected chi connectivity index (χ4v) is 4.28. The fraction of sp³-hybridized carbons (Fsp3) is 0.583. The molecule has 0 bridgehead atoms. The van der Waals surface area contributed by atoms with Crippen LogP contribution in [0, 0.1) is 0 Å². The highest BCUT2D eigenvalue weighted by molar-refractivity contribution is 5.94. The number of carbonyl (C=O) groups excluding carboxylic acids is 2. The van der Waals surface area contributed by atoms with Crippen LogP contribution in [-0.4, -0.2) is 112 Å². The minimum Gasteiger partial charge on any atom is -0.448 e. The number of nitrogens with zero attached hydrogens (tertiary/aromatic N) is 4. The SMILES string of the molecule is CCOC(=O)N1C2=C(C(N(C)CCN(C)C)NCC2)C(NC(=O)c2ccccc2)N1NCCOC. The lowest BCUT2D eigenvalue weighted by molar-refractivity contribution is -0.0504. The maximum absolute atomic E-state index is 13.3. The summed E-state index contributed by atoms with van der Waals surface area (Å²) >= 11 is 0. The van der Waals surface area contributed by atoms with Crippen LogP contribution in [0.3, 0.4) is 0 Å². The molecule has 2 atom stereocenters. The van der Waals surface area contributed by atoms with E-state index in [1.807, 2.05) is 39.3 Å². The summed E-state index contributed by atoms with van der Waals surface area (Å²) in [4.78, 5) is 30.7. The monoisotopic (exact) mass is 489 g/mol. The van der Waals surface area contributed by atoms with E-state index in [-0.39, 0.29) is 18.7 Å². The first-order valence-electron chi connectivity index (χ1n) is 12.0. The Kier molecular flexibility index (Phi) is 10.0. The number of methoxy groups -OCH3 is 1. The van der Waals surface area contributed by atoms with Crippen molar-refractivity contribution in [1.29, 1.82) is 0 Å². The number of benzene rings is 1. The van der Waals surface area contributed by atoms with Crippen LogP contribution in [0.2, 0.25) is 0 Å². The van der Waals surface area contributed by atoms with Crippen molar-refractivity contribution in [3.05, 3.63) is 47.2 Å². The lowest BCUT2D eigenvalue weighted by Crippen LogP contribution is -2.61. The molecule has 0 spiro atoms. The highest BCUT2D eigenvalue weighted by Crippen LogP contribution is 2.35. The number of likely N-dealkylation sites (N-methyl/N-ethyl adjacent to an activating group) is 2. The van der Waals surface area contributed by atoms with Crippen LogP contribution in [0.1, 0.15) is 23.7 Å². The molecule has 0 radical (unpaired) electrons. The summed E-state index contributed by atoms with van der Waals surface area (Å²) in [6.07, 6.45) is -0.658. The molecule has 0 aliphatic carbocycles. The average Bonchev–Trinajstić information content (AvgIpc) is 3.16. The molecule has 2 heterocycles.